The SMILES string of the molecule is CC(C)(C)O[N+](=O)C1CC=C(B2OC(C)(C)C(C)(C)O2)CC1. The molecule has 0 aromatic rings. The zero-order valence-electron chi connectivity index (χ0n) is 14.9. The van der Waals surface area contributed by atoms with Crippen molar-refractivity contribution in [3.8, 4) is 0 Å². The molecule has 124 valence electrons. The summed E-state index contributed by atoms with van der Waals surface area (Å²) in [7, 11) is -0.297. The summed E-state index contributed by atoms with van der Waals surface area (Å²) in [5.41, 5.74) is 0.0289. The van der Waals surface area contributed by atoms with Crippen molar-refractivity contribution in [1.82, 2.24) is 0 Å². The fourth-order valence-electron chi connectivity index (χ4n) is 2.59. The van der Waals surface area contributed by atoms with Crippen molar-refractivity contribution < 1.29 is 19.1 Å². The van der Waals surface area contributed by atoms with Crippen molar-refractivity contribution in [3.63, 3.8) is 0 Å². The van der Waals surface area contributed by atoms with E-state index in [0.29, 0.717) is 6.42 Å². The normalized spacial score (nSPS) is 27.5. The minimum absolute atomic E-state index is 0.134. The topological polar surface area (TPSA) is 47.8 Å². The summed E-state index contributed by atoms with van der Waals surface area (Å²) in [6.07, 6.45) is 4.30. The molecule has 22 heavy (non-hydrogen) atoms. The summed E-state index contributed by atoms with van der Waals surface area (Å²) in [6.45, 7) is 13.8. The maximum Gasteiger partial charge on any atom is 0.490 e. The second-order valence-electron chi connectivity index (χ2n) is 8.28. The van der Waals surface area contributed by atoms with Crippen molar-refractivity contribution in [2.24, 2.45) is 0 Å². The molecular formula is C16H29BNO4+. The lowest BCUT2D eigenvalue weighted by Gasteiger charge is -2.32. The lowest BCUT2D eigenvalue weighted by Crippen LogP contribution is -2.41. The van der Waals surface area contributed by atoms with Crippen LogP contribution in [-0.4, -0.2) is 34.9 Å². The van der Waals surface area contributed by atoms with Crippen LogP contribution in [0.4, 0.5) is 0 Å². The minimum Gasteiger partial charge on any atom is -0.400 e. The standard InChI is InChI=1S/C16H29BNO4/c1-14(2,3)22-18(19)13-10-8-12(9-11-13)17-20-15(4,5)16(6,7)21-17/h8,13H,9-11H2,1-7H3/q+1. The first-order chi connectivity index (χ1) is 9.91. The molecule has 1 aliphatic heterocycles. The molecule has 0 saturated carbocycles. The Hall–Kier alpha value is -0.875. The molecule has 1 saturated heterocycles. The molecule has 1 heterocycles. The summed E-state index contributed by atoms with van der Waals surface area (Å²) in [5.74, 6) is 0. The van der Waals surface area contributed by atoms with Crippen LogP contribution in [0.2, 0.25) is 0 Å². The lowest BCUT2D eigenvalue weighted by atomic mass is 9.72. The van der Waals surface area contributed by atoms with Crippen LogP contribution in [0.3, 0.4) is 0 Å². The first kappa shape index (κ1) is 17.5. The highest BCUT2D eigenvalue weighted by Gasteiger charge is 2.52. The van der Waals surface area contributed by atoms with E-state index in [2.05, 4.69) is 33.8 Å². The first-order valence-corrected chi connectivity index (χ1v) is 8.11. The Bertz CT molecular complexity index is 463. The van der Waals surface area contributed by atoms with Gasteiger partial charge in [-0.2, -0.15) is 0 Å². The van der Waals surface area contributed by atoms with Crippen LogP contribution in [0.1, 0.15) is 67.7 Å². The van der Waals surface area contributed by atoms with Gasteiger partial charge in [0.15, 0.2) is 5.60 Å². The monoisotopic (exact) mass is 310 g/mol. The van der Waals surface area contributed by atoms with E-state index in [1.807, 2.05) is 20.8 Å². The van der Waals surface area contributed by atoms with Crippen LogP contribution in [-0.2, 0) is 14.1 Å². The van der Waals surface area contributed by atoms with E-state index in [1.165, 1.54) is 0 Å². The molecule has 2 rings (SSSR count). The van der Waals surface area contributed by atoms with Crippen molar-refractivity contribution >= 4 is 7.12 Å². The summed E-state index contributed by atoms with van der Waals surface area (Å²) >= 11 is 0. The molecule has 0 spiro atoms. The minimum atomic E-state index is -0.461. The lowest BCUT2D eigenvalue weighted by molar-refractivity contribution is -0.843. The molecule has 1 atom stereocenters. The van der Waals surface area contributed by atoms with Gasteiger partial charge in [0, 0.05) is 12.8 Å². The summed E-state index contributed by atoms with van der Waals surface area (Å²) in [5, 5.41) is 0. The number of rotatable bonds is 3. The van der Waals surface area contributed by atoms with E-state index >= 15 is 0 Å². The van der Waals surface area contributed by atoms with Gasteiger partial charge in [0.05, 0.1) is 16.1 Å². The van der Waals surface area contributed by atoms with E-state index in [9.17, 15) is 4.91 Å². The highest BCUT2D eigenvalue weighted by molar-refractivity contribution is 6.54. The molecular weight excluding hydrogens is 281 g/mol. The van der Waals surface area contributed by atoms with Gasteiger partial charge >= 0.3 is 7.12 Å². The molecule has 1 fully saturated rings. The Kier molecular flexibility index (Phi) is 4.48. The molecule has 0 aromatic heterocycles. The van der Waals surface area contributed by atoms with Gasteiger partial charge in [-0.1, -0.05) is 6.08 Å². The Morgan fingerprint density at radius 3 is 2.18 bits per heavy atom. The summed E-state index contributed by atoms with van der Waals surface area (Å²) in [6, 6.07) is -0.134. The van der Waals surface area contributed by atoms with Gasteiger partial charge < -0.3 is 9.31 Å². The molecule has 0 N–H and O–H groups in total. The van der Waals surface area contributed by atoms with Crippen LogP contribution >= 0.6 is 0 Å². The molecule has 0 radical (unpaired) electrons. The fourth-order valence-corrected chi connectivity index (χ4v) is 2.59. The van der Waals surface area contributed by atoms with Crippen molar-refractivity contribution in [2.75, 3.05) is 0 Å². The van der Waals surface area contributed by atoms with Crippen molar-refractivity contribution in [1.29, 1.82) is 0 Å². The predicted molar refractivity (Wildman–Crippen MR) is 86.3 cm³/mol. The van der Waals surface area contributed by atoms with Gasteiger partial charge in [0.2, 0.25) is 4.92 Å². The van der Waals surface area contributed by atoms with Gasteiger partial charge in [0.1, 0.15) is 0 Å². The van der Waals surface area contributed by atoms with Crippen LogP contribution in [0.25, 0.3) is 0 Å². The molecule has 0 aromatic carbocycles. The molecule has 5 nitrogen and oxygen atoms in total. The Morgan fingerprint density at radius 1 is 1.23 bits per heavy atom. The average Bonchev–Trinajstić information content (AvgIpc) is 2.56. The average molecular weight is 310 g/mol. The summed E-state index contributed by atoms with van der Waals surface area (Å²) in [4.78, 5) is 18.2. The van der Waals surface area contributed by atoms with Gasteiger partial charge in [0.25, 0.3) is 6.04 Å². The van der Waals surface area contributed by atoms with E-state index in [4.69, 9.17) is 14.1 Å². The molecule has 1 aliphatic carbocycles. The third-order valence-electron chi connectivity index (χ3n) is 4.64. The zero-order valence-corrected chi connectivity index (χ0v) is 14.9. The zero-order chi connectivity index (χ0) is 16.8. The second-order valence-corrected chi connectivity index (χ2v) is 8.28. The van der Waals surface area contributed by atoms with Gasteiger partial charge in [-0.25, -0.2) is 4.84 Å². The number of allylic oxidation sites excluding steroid dienone is 1. The highest BCUT2D eigenvalue weighted by atomic mass is 16.8. The molecule has 2 aliphatic rings. The smallest absolute Gasteiger partial charge is 0.400 e. The number of nitrogens with zero attached hydrogens (tertiary/aromatic N) is 1. The molecule has 0 amide bonds. The number of hydrogen-bond acceptors (Lipinski definition) is 4. The fraction of sp³-hybridized carbons (Fsp3) is 0.875. The predicted octanol–water partition coefficient (Wildman–Crippen LogP) is 3.61. The van der Waals surface area contributed by atoms with Crippen LogP contribution in [0.5, 0.6) is 0 Å². The van der Waals surface area contributed by atoms with Gasteiger partial charge in [-0.15, -0.1) is 0 Å². The van der Waals surface area contributed by atoms with Gasteiger partial charge in [-0.05, 0) is 60.4 Å². The van der Waals surface area contributed by atoms with Crippen LogP contribution < -0.4 is 0 Å². The van der Waals surface area contributed by atoms with E-state index in [0.717, 1.165) is 23.2 Å². The first-order valence-electron chi connectivity index (χ1n) is 8.11. The summed E-state index contributed by atoms with van der Waals surface area (Å²) < 4.78 is 12.1. The molecule has 6 heteroatoms. The number of hydrogen-bond donors (Lipinski definition) is 0. The second kappa shape index (κ2) is 5.64. The van der Waals surface area contributed by atoms with Gasteiger partial charge in [-0.3, -0.25) is 0 Å². The maximum atomic E-state index is 12.1. The van der Waals surface area contributed by atoms with E-state index < -0.39 is 5.60 Å². The molecule has 1 unspecified atom stereocenters. The largest absolute Gasteiger partial charge is 0.490 e. The van der Waals surface area contributed by atoms with Crippen LogP contribution in [0, 0.1) is 4.91 Å². The highest BCUT2D eigenvalue weighted by Crippen LogP contribution is 2.40. The van der Waals surface area contributed by atoms with E-state index in [-0.39, 0.29) is 24.4 Å². The van der Waals surface area contributed by atoms with Crippen LogP contribution in [0.15, 0.2) is 11.5 Å². The Labute approximate surface area is 134 Å². The Balaban J connectivity index is 1.97. The molecule has 0 bridgehead atoms. The third kappa shape index (κ3) is 3.71. The van der Waals surface area contributed by atoms with Crippen molar-refractivity contribution in [2.45, 2.75) is 90.6 Å². The van der Waals surface area contributed by atoms with Crippen molar-refractivity contribution in [3.05, 3.63) is 16.5 Å². The quantitative estimate of drug-likeness (QED) is 0.590. The van der Waals surface area contributed by atoms with E-state index in [1.54, 1.807) is 0 Å². The third-order valence-corrected chi connectivity index (χ3v) is 4.64. The Morgan fingerprint density at radius 2 is 1.77 bits per heavy atom. The maximum absolute atomic E-state index is 12.1.